The van der Waals surface area contributed by atoms with Crippen molar-refractivity contribution in [3.8, 4) is 27.9 Å². The summed E-state index contributed by atoms with van der Waals surface area (Å²) in [6, 6.07) is 62.4. The van der Waals surface area contributed by atoms with Crippen molar-refractivity contribution in [2.24, 2.45) is 21.8 Å². The predicted molar refractivity (Wildman–Crippen MR) is 308 cm³/mol. The van der Waals surface area contributed by atoms with Gasteiger partial charge < -0.3 is 8.98 Å². The number of allylic oxidation sites excluding steroid dienone is 6. The van der Waals surface area contributed by atoms with E-state index >= 15 is 0 Å². The van der Waals surface area contributed by atoms with Gasteiger partial charge in [-0.2, -0.15) is 0 Å². The molecule has 354 valence electrons. The third-order valence-electron chi connectivity index (χ3n) is 16.2. The van der Waals surface area contributed by atoms with Gasteiger partial charge >= 0.3 is 0 Å². The van der Waals surface area contributed by atoms with Gasteiger partial charge in [0.05, 0.1) is 22.4 Å². The van der Waals surface area contributed by atoms with Crippen molar-refractivity contribution in [3.05, 3.63) is 246 Å². The van der Waals surface area contributed by atoms with Gasteiger partial charge in [0.25, 0.3) is 0 Å². The molecule has 10 aromatic rings. The van der Waals surface area contributed by atoms with Gasteiger partial charge in [0, 0.05) is 50.0 Å². The van der Waals surface area contributed by atoms with Crippen LogP contribution in [-0.2, 0) is 11.8 Å². The molecule has 13 rings (SSSR count). The summed E-state index contributed by atoms with van der Waals surface area (Å²) in [5.41, 5.74) is 22.0. The SMILES string of the molecule is C=C(/C=C\C=C/C)c1ccc2c(c1)-c1ccccc1C(C(C)C1=NC(c3ccc4c(c3)oc3ccccc34)=CC(CC)C(c3cccc(-n4c5ccccc5c5c6c(ccc54)-c4ccccc4C6(C)C)c3)=N1)C2. The molecular weight excluding hydrogens is 887 g/mol. The normalized spacial score (nSPS) is 17.4. The van der Waals surface area contributed by atoms with Crippen LogP contribution in [0.25, 0.3) is 83.0 Å². The summed E-state index contributed by atoms with van der Waals surface area (Å²) in [4.78, 5) is 11.5. The molecule has 4 nitrogen and oxygen atoms in total. The molecule has 3 aliphatic rings. The monoisotopic (exact) mass is 943 g/mol. The van der Waals surface area contributed by atoms with Gasteiger partial charge in [-0.25, -0.2) is 9.98 Å². The highest BCUT2D eigenvalue weighted by Gasteiger charge is 2.38. The van der Waals surface area contributed by atoms with Gasteiger partial charge in [-0.15, -0.1) is 0 Å². The second kappa shape index (κ2) is 17.5. The largest absolute Gasteiger partial charge is 0.456 e. The van der Waals surface area contributed by atoms with Crippen molar-refractivity contribution in [2.45, 2.75) is 58.8 Å². The molecule has 0 spiro atoms. The predicted octanol–water partition coefficient (Wildman–Crippen LogP) is 18.0. The minimum Gasteiger partial charge on any atom is -0.456 e. The Morgan fingerprint density at radius 1 is 0.699 bits per heavy atom. The highest BCUT2D eigenvalue weighted by molar-refractivity contribution is 6.16. The van der Waals surface area contributed by atoms with Gasteiger partial charge in [0.1, 0.15) is 17.0 Å². The molecule has 3 unspecified atom stereocenters. The van der Waals surface area contributed by atoms with E-state index in [1.165, 1.54) is 66.3 Å². The van der Waals surface area contributed by atoms with E-state index in [1.807, 2.05) is 31.2 Å². The fourth-order valence-corrected chi connectivity index (χ4v) is 12.5. The number of aromatic nitrogens is 1. The number of para-hydroxylation sites is 2. The maximum atomic E-state index is 6.49. The smallest absolute Gasteiger partial charge is 0.136 e. The first-order valence-electron chi connectivity index (χ1n) is 26.0. The number of rotatable bonds is 9. The number of hydrogen-bond acceptors (Lipinski definition) is 3. The van der Waals surface area contributed by atoms with E-state index in [9.17, 15) is 0 Å². The zero-order chi connectivity index (χ0) is 49.5. The molecule has 3 heterocycles. The third-order valence-corrected chi connectivity index (χ3v) is 16.2. The molecule has 0 saturated heterocycles. The van der Waals surface area contributed by atoms with Crippen LogP contribution in [0.5, 0.6) is 0 Å². The third kappa shape index (κ3) is 7.18. The molecule has 8 aromatic carbocycles. The van der Waals surface area contributed by atoms with E-state index in [-0.39, 0.29) is 23.2 Å². The summed E-state index contributed by atoms with van der Waals surface area (Å²) in [7, 11) is 0. The second-order valence-corrected chi connectivity index (χ2v) is 20.8. The summed E-state index contributed by atoms with van der Waals surface area (Å²) < 4.78 is 8.97. The molecule has 0 radical (unpaired) electrons. The standard InChI is InChI=1S/C69H57N3O/c1-7-9-10-20-42(3)45-31-32-46-39-57(50-23-11-12-24-51(50)58(46)38-45)43(4)68-70-60(47-33-34-54-53-26-15-18-30-63(53)73-64(54)41-47)40-44(8-2)67(71-68)48-21-19-22-49(37-48)72-61-29-17-14-27-56(61)65-62(72)36-35-55-52-25-13-16-28-59(52)69(5,6)66(55)65/h7,9-38,40-41,43-44,57H,3,8,39H2,1-2,4-6H3/b9-7-,20-10-. The highest BCUT2D eigenvalue weighted by atomic mass is 16.3. The summed E-state index contributed by atoms with van der Waals surface area (Å²) in [5.74, 6) is 0.920. The topological polar surface area (TPSA) is 42.8 Å². The Hall–Kier alpha value is -8.34. The van der Waals surface area contributed by atoms with Gasteiger partial charge in [-0.1, -0.05) is 180 Å². The molecule has 0 fully saturated rings. The highest BCUT2D eigenvalue weighted by Crippen LogP contribution is 2.53. The Bertz CT molecular complexity index is 4090. The Morgan fingerprint density at radius 2 is 1.48 bits per heavy atom. The maximum absolute atomic E-state index is 6.49. The quantitative estimate of drug-likeness (QED) is 0.133. The van der Waals surface area contributed by atoms with Crippen molar-refractivity contribution in [1.29, 1.82) is 0 Å². The van der Waals surface area contributed by atoms with E-state index in [0.717, 1.165) is 80.0 Å². The van der Waals surface area contributed by atoms with Crippen LogP contribution in [0.3, 0.4) is 0 Å². The van der Waals surface area contributed by atoms with Crippen molar-refractivity contribution < 1.29 is 4.42 Å². The molecule has 2 aliphatic carbocycles. The van der Waals surface area contributed by atoms with E-state index in [2.05, 4.69) is 215 Å². The number of aliphatic imine (C=N–C) groups is 2. The number of fused-ring (bicyclic) bond motifs is 13. The Morgan fingerprint density at radius 3 is 2.34 bits per heavy atom. The maximum Gasteiger partial charge on any atom is 0.136 e. The van der Waals surface area contributed by atoms with E-state index in [4.69, 9.17) is 14.4 Å². The van der Waals surface area contributed by atoms with Crippen LogP contribution in [0, 0.1) is 11.8 Å². The molecule has 0 N–H and O–H groups in total. The lowest BCUT2D eigenvalue weighted by Gasteiger charge is -2.32. The number of nitrogens with zero attached hydrogens (tertiary/aromatic N) is 3. The molecule has 0 saturated carbocycles. The first kappa shape index (κ1) is 44.6. The van der Waals surface area contributed by atoms with E-state index in [1.54, 1.807) is 0 Å². The summed E-state index contributed by atoms with van der Waals surface area (Å²) in [6.45, 7) is 15.8. The van der Waals surface area contributed by atoms with Crippen LogP contribution in [0.1, 0.15) is 85.9 Å². The lowest BCUT2D eigenvalue weighted by Crippen LogP contribution is -2.25. The zero-order valence-electron chi connectivity index (χ0n) is 42.2. The fourth-order valence-electron chi connectivity index (χ4n) is 12.5. The van der Waals surface area contributed by atoms with Crippen LogP contribution in [0.15, 0.2) is 221 Å². The van der Waals surface area contributed by atoms with Crippen LogP contribution >= 0.6 is 0 Å². The van der Waals surface area contributed by atoms with Crippen molar-refractivity contribution in [3.63, 3.8) is 0 Å². The average Bonchev–Trinajstić information content (AvgIpc) is 3.99. The van der Waals surface area contributed by atoms with Crippen LogP contribution in [0.2, 0.25) is 0 Å². The zero-order valence-corrected chi connectivity index (χ0v) is 42.2. The number of amidine groups is 1. The second-order valence-electron chi connectivity index (χ2n) is 20.8. The van der Waals surface area contributed by atoms with Crippen LogP contribution in [0.4, 0.5) is 0 Å². The van der Waals surface area contributed by atoms with Crippen molar-refractivity contribution >= 4 is 66.6 Å². The summed E-state index contributed by atoms with van der Waals surface area (Å²) in [6.07, 6.45) is 12.3. The molecule has 2 aromatic heterocycles. The van der Waals surface area contributed by atoms with Crippen molar-refractivity contribution in [2.75, 3.05) is 0 Å². The molecule has 0 bridgehead atoms. The Kier molecular flexibility index (Phi) is 10.7. The molecule has 1 aliphatic heterocycles. The molecule has 73 heavy (non-hydrogen) atoms. The molecule has 0 amide bonds. The van der Waals surface area contributed by atoms with Crippen LogP contribution in [-0.4, -0.2) is 16.1 Å². The van der Waals surface area contributed by atoms with Gasteiger partial charge in [-0.05, 0) is 141 Å². The average molecular weight is 944 g/mol. The number of hydrogen-bond donors (Lipinski definition) is 0. The van der Waals surface area contributed by atoms with Gasteiger partial charge in [-0.3, -0.25) is 0 Å². The van der Waals surface area contributed by atoms with Crippen LogP contribution < -0.4 is 0 Å². The fraction of sp³-hybridized carbons (Fsp3) is 0.159. The van der Waals surface area contributed by atoms with E-state index < -0.39 is 0 Å². The first-order chi connectivity index (χ1) is 35.7. The Labute approximate surface area is 427 Å². The summed E-state index contributed by atoms with van der Waals surface area (Å²) in [5, 5.41) is 4.82. The number of benzene rings is 8. The molecule has 4 heteroatoms. The van der Waals surface area contributed by atoms with Gasteiger partial charge in [0.15, 0.2) is 0 Å². The number of furan rings is 1. The summed E-state index contributed by atoms with van der Waals surface area (Å²) >= 11 is 0. The first-order valence-corrected chi connectivity index (χ1v) is 26.0. The lowest BCUT2D eigenvalue weighted by molar-refractivity contribution is 0.563. The van der Waals surface area contributed by atoms with E-state index in [0.29, 0.717) is 0 Å². The molecular formula is C69H57N3O. The lowest BCUT2D eigenvalue weighted by atomic mass is 9.72. The molecule has 3 atom stereocenters. The minimum absolute atomic E-state index is 0.0152. The Balaban J connectivity index is 0.957. The minimum atomic E-state index is -0.153. The van der Waals surface area contributed by atoms with Gasteiger partial charge in [0.2, 0.25) is 0 Å². The van der Waals surface area contributed by atoms with Crippen molar-refractivity contribution in [1.82, 2.24) is 4.57 Å².